The highest BCUT2D eigenvalue weighted by Crippen LogP contribution is 2.29. The van der Waals surface area contributed by atoms with Gasteiger partial charge < -0.3 is 16.0 Å². The zero-order chi connectivity index (χ0) is 15.3. The average molecular weight is 332 g/mol. The number of piperidine rings is 1. The van der Waals surface area contributed by atoms with Crippen molar-refractivity contribution in [2.24, 2.45) is 11.7 Å². The molecule has 1 aliphatic heterocycles. The lowest BCUT2D eigenvalue weighted by molar-refractivity contribution is -0.136. The fourth-order valence-electron chi connectivity index (χ4n) is 3.58. The van der Waals surface area contributed by atoms with E-state index in [2.05, 4.69) is 5.32 Å². The Hall–Kier alpha value is -0.810. The minimum atomic E-state index is -0.188. The smallest absolute Gasteiger partial charge is 0.225 e. The maximum absolute atomic E-state index is 12.5. The topological polar surface area (TPSA) is 75.4 Å². The Morgan fingerprint density at radius 2 is 1.95 bits per heavy atom. The lowest BCUT2D eigenvalue weighted by Crippen LogP contribution is -2.55. The summed E-state index contributed by atoms with van der Waals surface area (Å²) < 4.78 is 0. The van der Waals surface area contributed by atoms with Gasteiger partial charge in [0, 0.05) is 26.1 Å². The van der Waals surface area contributed by atoms with E-state index in [1.807, 2.05) is 11.8 Å². The fourth-order valence-corrected chi connectivity index (χ4v) is 3.58. The number of rotatable bonds is 5. The van der Waals surface area contributed by atoms with Gasteiger partial charge in [-0.05, 0) is 32.1 Å². The summed E-state index contributed by atoms with van der Waals surface area (Å²) in [4.78, 5) is 26.4. The van der Waals surface area contributed by atoms with E-state index in [9.17, 15) is 9.59 Å². The van der Waals surface area contributed by atoms with Crippen LogP contribution in [0.3, 0.4) is 0 Å². The molecular formula is C16H30ClN3O2. The Morgan fingerprint density at radius 3 is 2.55 bits per heavy atom. The molecule has 0 radical (unpaired) electrons. The second kappa shape index (κ2) is 8.73. The normalized spacial score (nSPS) is 23.7. The van der Waals surface area contributed by atoms with Crippen LogP contribution in [-0.2, 0) is 9.59 Å². The van der Waals surface area contributed by atoms with E-state index in [0.29, 0.717) is 19.5 Å². The number of hydrogen-bond acceptors (Lipinski definition) is 3. The molecule has 1 heterocycles. The molecule has 1 saturated heterocycles. The Labute approximate surface area is 139 Å². The third-order valence-corrected chi connectivity index (χ3v) is 4.95. The predicted molar refractivity (Wildman–Crippen MR) is 89.9 cm³/mol. The van der Waals surface area contributed by atoms with Gasteiger partial charge >= 0.3 is 0 Å². The summed E-state index contributed by atoms with van der Waals surface area (Å²) in [5.74, 6) is 0.212. The zero-order valence-electron chi connectivity index (χ0n) is 13.6. The second-order valence-electron chi connectivity index (χ2n) is 6.61. The van der Waals surface area contributed by atoms with Gasteiger partial charge in [-0.1, -0.05) is 19.8 Å². The van der Waals surface area contributed by atoms with Gasteiger partial charge in [-0.3, -0.25) is 9.59 Å². The summed E-state index contributed by atoms with van der Waals surface area (Å²) in [5, 5.41) is 3.20. The number of carbonyl (C=O) groups excluding carboxylic acids is 2. The van der Waals surface area contributed by atoms with Gasteiger partial charge in [0.2, 0.25) is 11.8 Å². The van der Waals surface area contributed by atoms with Gasteiger partial charge in [-0.2, -0.15) is 0 Å². The number of hydrogen-bond donors (Lipinski definition) is 2. The van der Waals surface area contributed by atoms with Crippen molar-refractivity contribution in [1.82, 2.24) is 10.2 Å². The van der Waals surface area contributed by atoms with Crippen LogP contribution in [0.1, 0.15) is 58.3 Å². The zero-order valence-corrected chi connectivity index (χ0v) is 14.4. The molecule has 2 fully saturated rings. The van der Waals surface area contributed by atoms with Gasteiger partial charge in [0.05, 0.1) is 11.5 Å². The molecule has 2 rings (SSSR count). The van der Waals surface area contributed by atoms with Crippen LogP contribution in [0.15, 0.2) is 0 Å². The van der Waals surface area contributed by atoms with Crippen LogP contribution in [0.25, 0.3) is 0 Å². The van der Waals surface area contributed by atoms with Crippen LogP contribution < -0.4 is 11.1 Å². The summed E-state index contributed by atoms with van der Waals surface area (Å²) in [7, 11) is 0. The standard InChI is InChI=1S/C16H29N3O2.ClH/c1-2-6-14(20)19-10-5-7-13(11-19)15(21)18-16(12-17)8-3-4-9-16;/h13H,2-12,17H2,1H3,(H,18,21);1H. The SMILES string of the molecule is CCCC(=O)N1CCCC(C(=O)NC2(CN)CCCC2)C1.Cl. The van der Waals surface area contributed by atoms with E-state index in [4.69, 9.17) is 5.73 Å². The molecular weight excluding hydrogens is 302 g/mol. The quantitative estimate of drug-likeness (QED) is 0.807. The molecule has 22 heavy (non-hydrogen) atoms. The molecule has 0 aromatic carbocycles. The highest BCUT2D eigenvalue weighted by atomic mass is 35.5. The average Bonchev–Trinajstić information content (AvgIpc) is 2.96. The minimum absolute atomic E-state index is 0. The summed E-state index contributed by atoms with van der Waals surface area (Å²) >= 11 is 0. The van der Waals surface area contributed by atoms with Gasteiger partial charge in [0.15, 0.2) is 0 Å². The number of nitrogens with zero attached hydrogens (tertiary/aromatic N) is 1. The number of halogens is 1. The third kappa shape index (κ3) is 4.59. The molecule has 0 aromatic rings. The molecule has 1 saturated carbocycles. The highest BCUT2D eigenvalue weighted by Gasteiger charge is 2.37. The number of nitrogens with two attached hydrogens (primary N) is 1. The predicted octanol–water partition coefficient (Wildman–Crippen LogP) is 1.83. The highest BCUT2D eigenvalue weighted by molar-refractivity contribution is 5.85. The number of likely N-dealkylation sites (tertiary alicyclic amines) is 1. The van der Waals surface area contributed by atoms with Crippen LogP contribution in [0, 0.1) is 5.92 Å². The van der Waals surface area contributed by atoms with Crippen molar-refractivity contribution in [3.63, 3.8) is 0 Å². The molecule has 6 heteroatoms. The van der Waals surface area contributed by atoms with Crippen LogP contribution in [0.4, 0.5) is 0 Å². The molecule has 0 bridgehead atoms. The first-order valence-electron chi connectivity index (χ1n) is 8.40. The lowest BCUT2D eigenvalue weighted by atomic mass is 9.92. The van der Waals surface area contributed by atoms with E-state index in [1.54, 1.807) is 0 Å². The summed E-state index contributed by atoms with van der Waals surface area (Å²) in [6.45, 7) is 3.90. The number of amides is 2. The molecule has 128 valence electrons. The number of carbonyl (C=O) groups is 2. The van der Waals surface area contributed by atoms with Crippen molar-refractivity contribution in [2.45, 2.75) is 63.8 Å². The van der Waals surface area contributed by atoms with Crippen molar-refractivity contribution in [3.05, 3.63) is 0 Å². The van der Waals surface area contributed by atoms with Crippen molar-refractivity contribution in [1.29, 1.82) is 0 Å². The molecule has 2 amide bonds. The summed E-state index contributed by atoms with van der Waals surface area (Å²) in [5.41, 5.74) is 5.69. The lowest BCUT2D eigenvalue weighted by Gasteiger charge is -2.35. The van der Waals surface area contributed by atoms with E-state index in [1.165, 1.54) is 0 Å². The van der Waals surface area contributed by atoms with Crippen molar-refractivity contribution < 1.29 is 9.59 Å². The van der Waals surface area contributed by atoms with E-state index >= 15 is 0 Å². The molecule has 5 nitrogen and oxygen atoms in total. The number of nitrogens with one attached hydrogen (secondary N) is 1. The molecule has 1 unspecified atom stereocenters. The first kappa shape index (κ1) is 19.2. The van der Waals surface area contributed by atoms with Crippen molar-refractivity contribution in [3.8, 4) is 0 Å². The van der Waals surface area contributed by atoms with Gasteiger partial charge in [0.25, 0.3) is 0 Å². The Balaban J connectivity index is 0.00000242. The fraction of sp³-hybridized carbons (Fsp3) is 0.875. The Morgan fingerprint density at radius 1 is 1.27 bits per heavy atom. The molecule has 3 N–H and O–H groups in total. The third-order valence-electron chi connectivity index (χ3n) is 4.95. The maximum Gasteiger partial charge on any atom is 0.225 e. The molecule has 1 atom stereocenters. The molecule has 2 aliphatic rings. The second-order valence-corrected chi connectivity index (χ2v) is 6.61. The molecule has 0 aromatic heterocycles. The van der Waals surface area contributed by atoms with Crippen LogP contribution in [0.5, 0.6) is 0 Å². The van der Waals surface area contributed by atoms with E-state index < -0.39 is 0 Å². The largest absolute Gasteiger partial charge is 0.349 e. The maximum atomic E-state index is 12.5. The van der Waals surface area contributed by atoms with E-state index in [-0.39, 0.29) is 35.7 Å². The molecule has 0 spiro atoms. The van der Waals surface area contributed by atoms with Crippen LogP contribution >= 0.6 is 12.4 Å². The Kier molecular flexibility index (Phi) is 7.63. The Bertz CT molecular complexity index is 384. The monoisotopic (exact) mass is 331 g/mol. The molecule has 1 aliphatic carbocycles. The minimum Gasteiger partial charge on any atom is -0.349 e. The van der Waals surface area contributed by atoms with Crippen molar-refractivity contribution in [2.75, 3.05) is 19.6 Å². The first-order valence-corrected chi connectivity index (χ1v) is 8.40. The van der Waals surface area contributed by atoms with E-state index in [0.717, 1.165) is 51.5 Å². The van der Waals surface area contributed by atoms with Gasteiger partial charge in [-0.25, -0.2) is 0 Å². The van der Waals surface area contributed by atoms with Crippen molar-refractivity contribution >= 4 is 24.2 Å². The van der Waals surface area contributed by atoms with Crippen LogP contribution in [-0.4, -0.2) is 41.9 Å². The summed E-state index contributed by atoms with van der Waals surface area (Å²) in [6, 6.07) is 0. The van der Waals surface area contributed by atoms with Gasteiger partial charge in [-0.15, -0.1) is 12.4 Å². The summed E-state index contributed by atoms with van der Waals surface area (Å²) in [6.07, 6.45) is 7.50. The van der Waals surface area contributed by atoms with Crippen LogP contribution in [0.2, 0.25) is 0 Å². The van der Waals surface area contributed by atoms with Gasteiger partial charge in [0.1, 0.15) is 0 Å². The first-order chi connectivity index (χ1) is 10.1.